The quantitative estimate of drug-likeness (QED) is 0.308. The van der Waals surface area contributed by atoms with Crippen LogP contribution in [0, 0.1) is 0 Å². The van der Waals surface area contributed by atoms with Gasteiger partial charge < -0.3 is 19.6 Å². The molecule has 0 saturated heterocycles. The van der Waals surface area contributed by atoms with Crippen LogP contribution in [0.1, 0.15) is 47.9 Å². The molecular weight excluding hydrogens is 426 g/mol. The molecule has 174 valence electrons. The minimum absolute atomic E-state index is 0.210. The van der Waals surface area contributed by atoms with Crippen molar-refractivity contribution in [3.63, 3.8) is 0 Å². The summed E-state index contributed by atoms with van der Waals surface area (Å²) >= 11 is 0. The molecule has 1 fully saturated rings. The second kappa shape index (κ2) is 9.74. The molecule has 1 aromatic heterocycles. The van der Waals surface area contributed by atoms with Gasteiger partial charge in [0.05, 0.1) is 19.3 Å². The summed E-state index contributed by atoms with van der Waals surface area (Å²) in [5, 5.41) is 1.02. The van der Waals surface area contributed by atoms with E-state index in [1.54, 1.807) is 6.26 Å². The third kappa shape index (κ3) is 4.85. The normalized spacial score (nSPS) is 13.2. The molecule has 1 aliphatic rings. The molecule has 5 nitrogen and oxygen atoms in total. The molecule has 0 unspecified atom stereocenters. The van der Waals surface area contributed by atoms with Gasteiger partial charge in [-0.05, 0) is 78.3 Å². The van der Waals surface area contributed by atoms with Crippen molar-refractivity contribution in [1.29, 1.82) is 0 Å². The Labute approximate surface area is 199 Å². The van der Waals surface area contributed by atoms with Gasteiger partial charge in [-0.3, -0.25) is 4.79 Å². The van der Waals surface area contributed by atoms with Crippen molar-refractivity contribution in [2.24, 2.45) is 5.73 Å². The van der Waals surface area contributed by atoms with Crippen LogP contribution >= 0.6 is 0 Å². The molecule has 1 aliphatic carbocycles. The minimum atomic E-state index is -0.234. The Morgan fingerprint density at radius 1 is 1.06 bits per heavy atom. The Kier molecular flexibility index (Phi) is 6.37. The molecule has 0 atom stereocenters. The number of nitrogens with two attached hydrogens (primary N) is 1. The average Bonchev–Trinajstić information content (AvgIpc) is 3.60. The first-order chi connectivity index (χ1) is 16.6. The summed E-state index contributed by atoms with van der Waals surface area (Å²) in [6.07, 6.45) is 4.33. The number of fused-ring (bicyclic) bond motifs is 1. The largest absolute Gasteiger partial charge is 0.489 e. The molecule has 0 radical (unpaired) electrons. The third-order valence-corrected chi connectivity index (χ3v) is 6.25. The topological polar surface area (TPSA) is 74.7 Å². The van der Waals surface area contributed by atoms with E-state index in [0.717, 1.165) is 44.5 Å². The van der Waals surface area contributed by atoms with Crippen LogP contribution < -0.4 is 10.5 Å². The van der Waals surface area contributed by atoms with E-state index in [1.165, 1.54) is 18.4 Å². The van der Waals surface area contributed by atoms with Gasteiger partial charge in [0.15, 0.2) is 0 Å². The summed E-state index contributed by atoms with van der Waals surface area (Å²) in [7, 11) is 0. The fourth-order valence-corrected chi connectivity index (χ4v) is 4.39. The highest BCUT2D eigenvalue weighted by Crippen LogP contribution is 2.41. The van der Waals surface area contributed by atoms with Crippen molar-refractivity contribution in [3.8, 4) is 16.9 Å². The molecular formula is C29H29NO4. The van der Waals surface area contributed by atoms with Crippen molar-refractivity contribution in [2.75, 3.05) is 6.61 Å². The van der Waals surface area contributed by atoms with Gasteiger partial charge in [-0.1, -0.05) is 30.3 Å². The predicted octanol–water partition coefficient (Wildman–Crippen LogP) is 6.12. The molecule has 1 heterocycles. The highest BCUT2D eigenvalue weighted by Gasteiger charge is 2.25. The zero-order chi connectivity index (χ0) is 23.5. The van der Waals surface area contributed by atoms with Crippen LogP contribution in [-0.4, -0.2) is 12.6 Å². The maximum atomic E-state index is 12.2. The fourth-order valence-electron chi connectivity index (χ4n) is 4.39. The van der Waals surface area contributed by atoms with E-state index in [4.69, 9.17) is 19.6 Å². The Morgan fingerprint density at radius 2 is 1.94 bits per heavy atom. The molecule has 0 bridgehead atoms. The zero-order valence-electron chi connectivity index (χ0n) is 19.4. The smallest absolute Gasteiger partial charge is 0.310 e. The standard InChI is InChI=1S/C29H29NO4/c1-2-32-28(31)16-25-15-22(21-6-7-21)8-9-27(25)34-18-20-13-24-10-11-33-29(24)26(14-20)23-5-3-4-19(12-23)17-30/h3-5,8-15,21H,2,6-7,16-18,30H2,1H3. The number of furan rings is 1. The van der Waals surface area contributed by atoms with Crippen LogP contribution in [0.25, 0.3) is 22.1 Å². The first-order valence-electron chi connectivity index (χ1n) is 11.9. The van der Waals surface area contributed by atoms with E-state index in [2.05, 4.69) is 36.4 Å². The number of benzene rings is 3. The number of hydrogen-bond acceptors (Lipinski definition) is 5. The summed E-state index contributed by atoms with van der Waals surface area (Å²) in [5.74, 6) is 1.09. The first kappa shape index (κ1) is 22.2. The van der Waals surface area contributed by atoms with Crippen molar-refractivity contribution in [1.82, 2.24) is 0 Å². The van der Waals surface area contributed by atoms with Gasteiger partial charge in [0.1, 0.15) is 17.9 Å². The lowest BCUT2D eigenvalue weighted by atomic mass is 9.99. The second-order valence-electron chi connectivity index (χ2n) is 8.80. The maximum absolute atomic E-state index is 12.2. The summed E-state index contributed by atoms with van der Waals surface area (Å²) in [6, 6.07) is 20.5. The number of hydrogen-bond donors (Lipinski definition) is 1. The number of ether oxygens (including phenoxy) is 2. The summed E-state index contributed by atoms with van der Waals surface area (Å²) in [4.78, 5) is 12.2. The molecule has 5 rings (SSSR count). The van der Waals surface area contributed by atoms with Crippen LogP contribution in [0.4, 0.5) is 0 Å². The Bertz CT molecular complexity index is 1320. The summed E-state index contributed by atoms with van der Waals surface area (Å²) in [5.41, 5.74) is 13.0. The second-order valence-corrected chi connectivity index (χ2v) is 8.80. The lowest BCUT2D eigenvalue weighted by Gasteiger charge is -2.14. The molecule has 34 heavy (non-hydrogen) atoms. The summed E-state index contributed by atoms with van der Waals surface area (Å²) in [6.45, 7) is 3.06. The van der Waals surface area contributed by atoms with E-state index in [9.17, 15) is 4.79 Å². The van der Waals surface area contributed by atoms with Gasteiger partial charge in [0.2, 0.25) is 0 Å². The van der Waals surface area contributed by atoms with E-state index < -0.39 is 0 Å². The molecule has 0 spiro atoms. The van der Waals surface area contributed by atoms with Gasteiger partial charge in [-0.25, -0.2) is 0 Å². The predicted molar refractivity (Wildman–Crippen MR) is 133 cm³/mol. The Hall–Kier alpha value is -3.57. The monoisotopic (exact) mass is 455 g/mol. The van der Waals surface area contributed by atoms with Crippen molar-refractivity contribution >= 4 is 16.9 Å². The maximum Gasteiger partial charge on any atom is 0.310 e. The number of carbonyl (C=O) groups is 1. The molecule has 4 aromatic rings. The van der Waals surface area contributed by atoms with Crippen LogP contribution in [0.2, 0.25) is 0 Å². The lowest BCUT2D eigenvalue weighted by molar-refractivity contribution is -0.142. The first-order valence-corrected chi connectivity index (χ1v) is 11.9. The van der Waals surface area contributed by atoms with Gasteiger partial charge >= 0.3 is 5.97 Å². The Morgan fingerprint density at radius 3 is 2.74 bits per heavy atom. The number of carbonyl (C=O) groups excluding carboxylic acids is 1. The van der Waals surface area contributed by atoms with Crippen molar-refractivity contribution < 1.29 is 18.7 Å². The molecule has 5 heteroatoms. The highest BCUT2D eigenvalue weighted by atomic mass is 16.5. The van der Waals surface area contributed by atoms with Crippen molar-refractivity contribution in [2.45, 2.75) is 45.3 Å². The molecule has 0 amide bonds. The highest BCUT2D eigenvalue weighted by molar-refractivity contribution is 5.93. The number of rotatable bonds is 9. The minimum Gasteiger partial charge on any atom is -0.489 e. The Balaban J connectivity index is 1.43. The van der Waals surface area contributed by atoms with E-state index in [-0.39, 0.29) is 12.4 Å². The van der Waals surface area contributed by atoms with E-state index in [0.29, 0.717) is 25.7 Å². The SMILES string of the molecule is CCOC(=O)Cc1cc(C2CC2)ccc1OCc1cc(-c2cccc(CN)c2)c2occc2c1. The van der Waals surface area contributed by atoms with Crippen LogP contribution in [0.5, 0.6) is 5.75 Å². The third-order valence-electron chi connectivity index (χ3n) is 6.25. The molecule has 3 aromatic carbocycles. The van der Waals surface area contributed by atoms with Gasteiger partial charge in [-0.15, -0.1) is 0 Å². The average molecular weight is 456 g/mol. The zero-order valence-corrected chi connectivity index (χ0v) is 19.4. The fraction of sp³-hybridized carbons (Fsp3) is 0.276. The summed E-state index contributed by atoms with van der Waals surface area (Å²) < 4.78 is 17.2. The van der Waals surface area contributed by atoms with Gasteiger partial charge in [-0.2, -0.15) is 0 Å². The van der Waals surface area contributed by atoms with Gasteiger partial charge in [0, 0.05) is 23.1 Å². The molecule has 1 saturated carbocycles. The molecule has 2 N–H and O–H groups in total. The van der Waals surface area contributed by atoms with Crippen LogP contribution in [0.3, 0.4) is 0 Å². The number of esters is 1. The lowest BCUT2D eigenvalue weighted by Crippen LogP contribution is -2.09. The van der Waals surface area contributed by atoms with Crippen molar-refractivity contribution in [3.05, 3.63) is 89.2 Å². The van der Waals surface area contributed by atoms with Crippen LogP contribution in [0.15, 0.2) is 71.3 Å². The van der Waals surface area contributed by atoms with Gasteiger partial charge in [0.25, 0.3) is 0 Å². The molecule has 0 aliphatic heterocycles. The van der Waals surface area contributed by atoms with E-state index in [1.807, 2.05) is 31.2 Å². The van der Waals surface area contributed by atoms with Crippen LogP contribution in [-0.2, 0) is 29.1 Å². The van der Waals surface area contributed by atoms with E-state index >= 15 is 0 Å².